The lowest BCUT2D eigenvalue weighted by molar-refractivity contribution is -0.137. The van der Waals surface area contributed by atoms with Crippen molar-refractivity contribution >= 4 is 28.1 Å². The lowest BCUT2D eigenvalue weighted by Crippen LogP contribution is -2.09. The van der Waals surface area contributed by atoms with Crippen LogP contribution in [0.3, 0.4) is 0 Å². The molecule has 0 bridgehead atoms. The number of rotatable bonds is 3. The number of nitrogens with zero attached hydrogens (tertiary/aromatic N) is 1. The van der Waals surface area contributed by atoms with Gasteiger partial charge in [0.05, 0.1) is 21.4 Å². The highest BCUT2D eigenvalue weighted by Crippen LogP contribution is 2.51. The van der Waals surface area contributed by atoms with Crippen LogP contribution < -0.4 is 0 Å². The topological polar surface area (TPSA) is 22.0 Å². The molecule has 0 fully saturated rings. The molecule has 0 amide bonds. The van der Waals surface area contributed by atoms with Crippen molar-refractivity contribution in [2.75, 3.05) is 0 Å². The number of aromatic nitrogens is 1. The fourth-order valence-corrected chi connectivity index (χ4v) is 4.41. The van der Waals surface area contributed by atoms with Gasteiger partial charge in [-0.15, -0.1) is 0 Å². The molecule has 1 aliphatic rings. The van der Waals surface area contributed by atoms with Gasteiger partial charge in [-0.05, 0) is 35.4 Å². The van der Waals surface area contributed by atoms with Crippen molar-refractivity contribution in [3.63, 3.8) is 0 Å². The van der Waals surface area contributed by atoms with Gasteiger partial charge >= 0.3 is 6.18 Å². The van der Waals surface area contributed by atoms with Crippen LogP contribution in [0.15, 0.2) is 79.1 Å². The largest absolute Gasteiger partial charge is 0.416 e. The molecule has 0 radical (unpaired) electrons. The Kier molecular flexibility index (Phi) is 4.44. The predicted octanol–water partition coefficient (Wildman–Crippen LogP) is 5.89. The number of allylic oxidation sites excluding steroid dienone is 1. The van der Waals surface area contributed by atoms with Crippen LogP contribution in [0.2, 0.25) is 0 Å². The molecular formula is C21H14F3NOS. The summed E-state index contributed by atoms with van der Waals surface area (Å²) in [7, 11) is 0. The highest BCUT2D eigenvalue weighted by Gasteiger charge is 2.38. The summed E-state index contributed by atoms with van der Waals surface area (Å²) in [6.07, 6.45) is -0.884. The van der Waals surface area contributed by atoms with Crippen molar-refractivity contribution in [2.24, 2.45) is 0 Å². The summed E-state index contributed by atoms with van der Waals surface area (Å²) in [4.78, 5) is 13.2. The van der Waals surface area contributed by atoms with E-state index in [0.29, 0.717) is 10.6 Å². The van der Waals surface area contributed by atoms with Gasteiger partial charge in [0, 0.05) is 12.4 Å². The minimum absolute atomic E-state index is 0.186. The first-order valence-corrected chi connectivity index (χ1v) is 9.14. The van der Waals surface area contributed by atoms with Crippen LogP contribution >= 0.6 is 11.8 Å². The summed E-state index contributed by atoms with van der Waals surface area (Å²) >= 11 is 1.36. The van der Waals surface area contributed by atoms with Gasteiger partial charge in [-0.25, -0.2) is 0 Å². The quantitative estimate of drug-likeness (QED) is 0.561. The summed E-state index contributed by atoms with van der Waals surface area (Å²) in [5, 5.41) is 0.159. The number of Topliss-reactive ketones (excluding diaryl/α,β-unsaturated/α-hetero) is 1. The molecule has 2 nitrogen and oxygen atoms in total. The van der Waals surface area contributed by atoms with Crippen LogP contribution in [-0.4, -0.2) is 10.4 Å². The number of thioether (sulfide) groups is 1. The Bertz CT molecular complexity index is 1010. The second kappa shape index (κ2) is 6.78. The van der Waals surface area contributed by atoms with E-state index in [0.717, 1.165) is 17.7 Å². The SMILES string of the molecule is O=C1C(c2cccc(C(F)(F)F)c2)=C(n2cccc2)SC1c1ccccc1. The normalized spacial score (nSPS) is 17.6. The van der Waals surface area contributed by atoms with E-state index >= 15 is 0 Å². The Labute approximate surface area is 158 Å². The van der Waals surface area contributed by atoms with Gasteiger partial charge in [0.1, 0.15) is 0 Å². The molecule has 1 atom stereocenters. The highest BCUT2D eigenvalue weighted by atomic mass is 32.2. The zero-order valence-electron chi connectivity index (χ0n) is 14.0. The van der Waals surface area contributed by atoms with E-state index in [1.54, 1.807) is 23.0 Å². The minimum atomic E-state index is -4.46. The third-order valence-electron chi connectivity index (χ3n) is 4.35. The standard InChI is InChI=1S/C21H14F3NOS/c22-21(23,24)16-10-6-9-15(13-16)17-18(26)19(14-7-2-1-3-8-14)27-20(17)25-11-4-5-12-25/h1-13,19H. The number of hydrogen-bond acceptors (Lipinski definition) is 2. The van der Waals surface area contributed by atoms with E-state index in [9.17, 15) is 18.0 Å². The van der Waals surface area contributed by atoms with Crippen molar-refractivity contribution in [3.05, 3.63) is 95.8 Å². The van der Waals surface area contributed by atoms with E-state index in [1.807, 2.05) is 42.5 Å². The van der Waals surface area contributed by atoms with Crippen LogP contribution in [0, 0.1) is 0 Å². The minimum Gasteiger partial charge on any atom is -0.318 e. The van der Waals surface area contributed by atoms with Gasteiger partial charge in [0.2, 0.25) is 0 Å². The average molecular weight is 385 g/mol. The first-order chi connectivity index (χ1) is 12.9. The fraction of sp³-hybridized carbons (Fsp3) is 0.0952. The Balaban J connectivity index is 1.84. The number of ketones is 1. The van der Waals surface area contributed by atoms with Crippen LogP contribution in [0.25, 0.3) is 10.6 Å². The lowest BCUT2D eigenvalue weighted by atomic mass is 9.96. The first kappa shape index (κ1) is 17.7. The lowest BCUT2D eigenvalue weighted by Gasteiger charge is -2.11. The van der Waals surface area contributed by atoms with E-state index in [4.69, 9.17) is 0 Å². The summed E-state index contributed by atoms with van der Waals surface area (Å²) in [5.74, 6) is -0.186. The van der Waals surface area contributed by atoms with E-state index < -0.39 is 17.0 Å². The Morgan fingerprint density at radius 2 is 1.59 bits per heavy atom. The molecular weight excluding hydrogens is 371 g/mol. The first-order valence-electron chi connectivity index (χ1n) is 8.26. The van der Waals surface area contributed by atoms with Gasteiger partial charge in [-0.3, -0.25) is 4.79 Å². The summed E-state index contributed by atoms with van der Waals surface area (Å²) in [6.45, 7) is 0. The predicted molar refractivity (Wildman–Crippen MR) is 101 cm³/mol. The number of hydrogen-bond donors (Lipinski definition) is 0. The van der Waals surface area contributed by atoms with E-state index in [1.165, 1.54) is 17.8 Å². The number of benzene rings is 2. The van der Waals surface area contributed by atoms with E-state index in [-0.39, 0.29) is 11.3 Å². The van der Waals surface area contributed by atoms with Gasteiger partial charge in [-0.1, -0.05) is 54.2 Å². The maximum atomic E-state index is 13.2. The average Bonchev–Trinajstić information content (AvgIpc) is 3.29. The number of carbonyl (C=O) groups excluding carboxylic acids is 1. The molecule has 2 heterocycles. The highest BCUT2D eigenvalue weighted by molar-refractivity contribution is 8.09. The molecule has 0 saturated carbocycles. The van der Waals surface area contributed by atoms with Crippen molar-refractivity contribution < 1.29 is 18.0 Å². The Morgan fingerprint density at radius 3 is 2.26 bits per heavy atom. The third-order valence-corrected chi connectivity index (χ3v) is 5.71. The monoisotopic (exact) mass is 385 g/mol. The zero-order valence-corrected chi connectivity index (χ0v) is 14.8. The van der Waals surface area contributed by atoms with Gasteiger partial charge in [0.15, 0.2) is 5.78 Å². The van der Waals surface area contributed by atoms with Crippen molar-refractivity contribution in [1.29, 1.82) is 0 Å². The molecule has 0 aliphatic carbocycles. The summed E-state index contributed by atoms with van der Waals surface area (Å²) in [6, 6.07) is 17.9. The van der Waals surface area contributed by atoms with Crippen LogP contribution in [-0.2, 0) is 11.0 Å². The maximum Gasteiger partial charge on any atom is 0.416 e. The second-order valence-electron chi connectivity index (χ2n) is 6.12. The number of halogens is 3. The maximum absolute atomic E-state index is 13.2. The smallest absolute Gasteiger partial charge is 0.318 e. The fourth-order valence-electron chi connectivity index (χ4n) is 3.08. The van der Waals surface area contributed by atoms with Gasteiger partial charge < -0.3 is 4.57 Å². The molecule has 1 aromatic heterocycles. The molecule has 3 aromatic rings. The Morgan fingerprint density at radius 1 is 0.889 bits per heavy atom. The summed E-state index contributed by atoms with van der Waals surface area (Å²) in [5.41, 5.74) is 0.667. The Hall–Kier alpha value is -2.73. The summed E-state index contributed by atoms with van der Waals surface area (Å²) < 4.78 is 41.2. The molecule has 4 rings (SSSR count). The zero-order chi connectivity index (χ0) is 19.0. The van der Waals surface area contributed by atoms with Crippen molar-refractivity contribution in [2.45, 2.75) is 11.4 Å². The molecule has 2 aromatic carbocycles. The number of alkyl halides is 3. The third kappa shape index (κ3) is 3.32. The van der Waals surface area contributed by atoms with Crippen LogP contribution in [0.1, 0.15) is 21.9 Å². The van der Waals surface area contributed by atoms with Gasteiger partial charge in [0.25, 0.3) is 0 Å². The van der Waals surface area contributed by atoms with Crippen molar-refractivity contribution in [1.82, 2.24) is 4.57 Å². The molecule has 27 heavy (non-hydrogen) atoms. The van der Waals surface area contributed by atoms with Crippen molar-refractivity contribution in [3.8, 4) is 0 Å². The molecule has 6 heteroatoms. The molecule has 1 unspecified atom stereocenters. The molecule has 0 spiro atoms. The molecule has 0 saturated heterocycles. The molecule has 1 aliphatic heterocycles. The van der Waals surface area contributed by atoms with Gasteiger partial charge in [-0.2, -0.15) is 13.2 Å². The molecule has 136 valence electrons. The van der Waals surface area contributed by atoms with Crippen LogP contribution in [0.5, 0.6) is 0 Å². The number of carbonyl (C=O) groups is 1. The van der Waals surface area contributed by atoms with E-state index in [2.05, 4.69) is 0 Å². The molecule has 0 N–H and O–H groups in total. The van der Waals surface area contributed by atoms with Crippen LogP contribution in [0.4, 0.5) is 13.2 Å². The second-order valence-corrected chi connectivity index (χ2v) is 7.22.